The maximum absolute atomic E-state index is 13.3. The molecule has 2 aromatic rings. The van der Waals surface area contributed by atoms with Gasteiger partial charge in [-0.3, -0.25) is 4.21 Å². The van der Waals surface area contributed by atoms with Gasteiger partial charge in [-0.2, -0.15) is 0 Å². The Labute approximate surface area is 142 Å². The third-order valence-electron chi connectivity index (χ3n) is 4.01. The second-order valence-electron chi connectivity index (χ2n) is 5.98. The topological polar surface area (TPSA) is 58.2 Å². The van der Waals surface area contributed by atoms with Crippen molar-refractivity contribution in [3.63, 3.8) is 0 Å². The number of hydrogen-bond acceptors (Lipinski definition) is 2. The molecular formula is C18H19FN2O2S. The van der Waals surface area contributed by atoms with E-state index < -0.39 is 10.8 Å². The number of amides is 2. The molecule has 0 heterocycles. The van der Waals surface area contributed by atoms with E-state index in [-0.39, 0.29) is 23.8 Å². The predicted octanol–water partition coefficient (Wildman–Crippen LogP) is 3.38. The van der Waals surface area contributed by atoms with E-state index in [9.17, 15) is 13.4 Å². The molecule has 1 unspecified atom stereocenters. The van der Waals surface area contributed by atoms with E-state index in [1.165, 1.54) is 12.1 Å². The van der Waals surface area contributed by atoms with E-state index in [1.54, 1.807) is 18.4 Å². The van der Waals surface area contributed by atoms with Gasteiger partial charge in [0.25, 0.3) is 0 Å². The summed E-state index contributed by atoms with van der Waals surface area (Å²) in [5.74, 6) is 0.292. The fraction of sp³-hybridized carbons (Fsp3) is 0.278. The summed E-state index contributed by atoms with van der Waals surface area (Å²) in [4.78, 5) is 12.2. The van der Waals surface area contributed by atoms with Crippen LogP contribution in [-0.4, -0.2) is 22.5 Å². The Balaban J connectivity index is 1.59. The molecule has 0 radical (unpaired) electrons. The van der Waals surface area contributed by atoms with Gasteiger partial charge in [-0.1, -0.05) is 30.3 Å². The largest absolute Gasteiger partial charge is 0.334 e. The molecule has 0 bridgehead atoms. The Morgan fingerprint density at radius 2 is 2.04 bits per heavy atom. The Kier molecular flexibility index (Phi) is 4.94. The maximum Gasteiger partial charge on any atom is 0.319 e. The minimum Gasteiger partial charge on any atom is -0.334 e. The normalized spacial score (nSPS) is 20.2. The first kappa shape index (κ1) is 16.6. The molecule has 0 spiro atoms. The third kappa shape index (κ3) is 4.20. The van der Waals surface area contributed by atoms with Gasteiger partial charge in [-0.25, -0.2) is 9.18 Å². The first-order chi connectivity index (χ1) is 11.5. The highest BCUT2D eigenvalue weighted by molar-refractivity contribution is 7.83. The van der Waals surface area contributed by atoms with Crippen molar-refractivity contribution in [3.05, 3.63) is 65.5 Å². The minimum atomic E-state index is -0.980. The van der Waals surface area contributed by atoms with E-state index in [4.69, 9.17) is 0 Å². The summed E-state index contributed by atoms with van der Waals surface area (Å²) in [7, 11) is -0.980. The molecular weight excluding hydrogens is 327 g/mol. The molecule has 4 nitrogen and oxygen atoms in total. The SMILES string of the molecule is CS(=O)Cc1ccccc1NC(=O)N[C@@H]1C[C@H]1c1cccc(F)c1. The van der Waals surface area contributed by atoms with Gasteiger partial charge in [-0.15, -0.1) is 0 Å². The van der Waals surface area contributed by atoms with Crippen LogP contribution in [0.1, 0.15) is 23.5 Å². The second kappa shape index (κ2) is 7.13. The summed E-state index contributed by atoms with van der Waals surface area (Å²) in [5.41, 5.74) is 2.40. The van der Waals surface area contributed by atoms with E-state index >= 15 is 0 Å². The lowest BCUT2D eigenvalue weighted by atomic mass is 10.1. The van der Waals surface area contributed by atoms with Gasteiger partial charge >= 0.3 is 6.03 Å². The molecule has 126 valence electrons. The molecule has 2 N–H and O–H groups in total. The molecule has 1 aliphatic rings. The molecule has 1 fully saturated rings. The van der Waals surface area contributed by atoms with Crippen LogP contribution in [0.5, 0.6) is 0 Å². The fourth-order valence-corrected chi connectivity index (χ4v) is 3.46. The molecule has 0 saturated heterocycles. The molecule has 2 amide bonds. The van der Waals surface area contributed by atoms with Crippen molar-refractivity contribution < 1.29 is 13.4 Å². The van der Waals surface area contributed by atoms with Crippen molar-refractivity contribution in [2.45, 2.75) is 24.1 Å². The molecule has 2 aromatic carbocycles. The molecule has 1 aliphatic carbocycles. The highest BCUT2D eigenvalue weighted by atomic mass is 32.2. The minimum absolute atomic E-state index is 0.0132. The number of carbonyl (C=O) groups is 1. The highest BCUT2D eigenvalue weighted by Gasteiger charge is 2.39. The van der Waals surface area contributed by atoms with E-state index in [0.29, 0.717) is 11.4 Å². The smallest absolute Gasteiger partial charge is 0.319 e. The van der Waals surface area contributed by atoms with Crippen molar-refractivity contribution in [3.8, 4) is 0 Å². The van der Waals surface area contributed by atoms with Crippen molar-refractivity contribution >= 4 is 22.5 Å². The number of nitrogens with one attached hydrogen (secondary N) is 2. The number of halogens is 1. The Morgan fingerprint density at radius 3 is 2.79 bits per heavy atom. The Bertz CT molecular complexity index is 781. The van der Waals surface area contributed by atoms with Crippen LogP contribution in [0, 0.1) is 5.82 Å². The standard InChI is InChI=1S/C18H19FN2O2S/c1-24(23)11-13-5-2-3-8-16(13)20-18(22)21-17-10-15(17)12-6-4-7-14(19)9-12/h2-9,15,17H,10-11H2,1H3,(H2,20,21,22)/t15-,17+,24?/m0/s1. The molecule has 0 aromatic heterocycles. The first-order valence-corrected chi connectivity index (χ1v) is 9.46. The van der Waals surface area contributed by atoms with Crippen molar-refractivity contribution in [1.29, 1.82) is 0 Å². The summed E-state index contributed by atoms with van der Waals surface area (Å²) >= 11 is 0. The average Bonchev–Trinajstić information content (AvgIpc) is 3.28. The summed E-state index contributed by atoms with van der Waals surface area (Å²) in [6, 6.07) is 13.5. The number of anilines is 1. The van der Waals surface area contributed by atoms with Gasteiger partial charge in [0.15, 0.2) is 0 Å². The maximum atomic E-state index is 13.3. The number of hydrogen-bond donors (Lipinski definition) is 2. The molecule has 24 heavy (non-hydrogen) atoms. The van der Waals surface area contributed by atoms with Crippen LogP contribution in [0.25, 0.3) is 0 Å². The number of para-hydroxylation sites is 1. The molecule has 0 aliphatic heterocycles. The zero-order chi connectivity index (χ0) is 17.1. The zero-order valence-corrected chi connectivity index (χ0v) is 14.1. The van der Waals surface area contributed by atoms with Crippen molar-refractivity contribution in [1.82, 2.24) is 5.32 Å². The summed E-state index contributed by atoms with van der Waals surface area (Å²) in [5, 5.41) is 5.71. The predicted molar refractivity (Wildman–Crippen MR) is 93.9 cm³/mol. The van der Waals surface area contributed by atoms with Crippen LogP contribution in [0.15, 0.2) is 48.5 Å². The Hall–Kier alpha value is -2.21. The van der Waals surface area contributed by atoms with E-state index in [0.717, 1.165) is 17.5 Å². The molecule has 1 saturated carbocycles. The zero-order valence-electron chi connectivity index (χ0n) is 13.3. The fourth-order valence-electron chi connectivity index (χ4n) is 2.77. The number of benzene rings is 2. The van der Waals surface area contributed by atoms with Crippen molar-refractivity contribution in [2.75, 3.05) is 11.6 Å². The molecule has 3 rings (SSSR count). The second-order valence-corrected chi connectivity index (χ2v) is 7.41. The average molecular weight is 346 g/mol. The quantitative estimate of drug-likeness (QED) is 0.872. The van der Waals surface area contributed by atoms with Gasteiger partial charge in [0.1, 0.15) is 5.82 Å². The lowest BCUT2D eigenvalue weighted by Gasteiger charge is -2.11. The van der Waals surface area contributed by atoms with Gasteiger partial charge in [0.05, 0.1) is 5.75 Å². The third-order valence-corrected chi connectivity index (χ3v) is 4.73. The number of urea groups is 1. The number of rotatable bonds is 5. The van der Waals surface area contributed by atoms with Crippen molar-refractivity contribution in [2.24, 2.45) is 0 Å². The van der Waals surface area contributed by atoms with Crippen LogP contribution in [-0.2, 0) is 16.6 Å². The summed E-state index contributed by atoms with van der Waals surface area (Å²) in [6.45, 7) is 0. The number of carbonyl (C=O) groups excluding carboxylic acids is 1. The van der Waals surface area contributed by atoms with Gasteiger partial charge in [0.2, 0.25) is 0 Å². The summed E-state index contributed by atoms with van der Waals surface area (Å²) in [6.07, 6.45) is 2.43. The summed E-state index contributed by atoms with van der Waals surface area (Å²) < 4.78 is 24.7. The van der Waals surface area contributed by atoms with Crippen LogP contribution >= 0.6 is 0 Å². The van der Waals surface area contributed by atoms with Crippen LogP contribution in [0.4, 0.5) is 14.9 Å². The first-order valence-electron chi connectivity index (χ1n) is 7.74. The molecule has 3 atom stereocenters. The van der Waals surface area contributed by atoms with Gasteiger partial charge in [-0.05, 0) is 35.7 Å². The lowest BCUT2D eigenvalue weighted by Crippen LogP contribution is -2.31. The highest BCUT2D eigenvalue weighted by Crippen LogP contribution is 2.40. The van der Waals surface area contributed by atoms with Crippen LogP contribution in [0.2, 0.25) is 0 Å². The molecule has 6 heteroatoms. The monoisotopic (exact) mass is 346 g/mol. The van der Waals surface area contributed by atoms with Crippen LogP contribution < -0.4 is 10.6 Å². The van der Waals surface area contributed by atoms with Gasteiger partial charge < -0.3 is 10.6 Å². The van der Waals surface area contributed by atoms with Gasteiger partial charge in [0, 0.05) is 34.7 Å². The van der Waals surface area contributed by atoms with E-state index in [1.807, 2.05) is 24.3 Å². The lowest BCUT2D eigenvalue weighted by molar-refractivity contribution is 0.251. The van der Waals surface area contributed by atoms with E-state index in [2.05, 4.69) is 10.6 Å². The Morgan fingerprint density at radius 1 is 1.25 bits per heavy atom. The van der Waals surface area contributed by atoms with Crippen LogP contribution in [0.3, 0.4) is 0 Å².